The van der Waals surface area contributed by atoms with E-state index in [1.807, 2.05) is 0 Å². The van der Waals surface area contributed by atoms with Crippen molar-refractivity contribution in [3.05, 3.63) is 64.6 Å². The maximum Gasteiger partial charge on any atom is 0.328 e. The molecule has 8 heteroatoms. The van der Waals surface area contributed by atoms with Gasteiger partial charge in [0.25, 0.3) is 0 Å². The molecule has 0 fully saturated rings. The number of pyridine rings is 1. The van der Waals surface area contributed by atoms with E-state index in [1.54, 1.807) is 12.1 Å². The first kappa shape index (κ1) is 18.4. The minimum absolute atomic E-state index is 0.0434. The van der Waals surface area contributed by atoms with Crippen LogP contribution < -0.4 is 10.6 Å². The normalized spacial score (nSPS) is 10.6. The predicted octanol–water partition coefficient (Wildman–Crippen LogP) is 2.70. The van der Waals surface area contributed by atoms with E-state index in [0.29, 0.717) is 11.4 Å². The van der Waals surface area contributed by atoms with Crippen LogP contribution in [-0.2, 0) is 16.1 Å². The van der Waals surface area contributed by atoms with Crippen LogP contribution in [0, 0.1) is 5.82 Å². The van der Waals surface area contributed by atoms with Crippen LogP contribution in [0.1, 0.15) is 11.1 Å². The number of aromatic nitrogens is 1. The van der Waals surface area contributed by atoms with Gasteiger partial charge in [-0.3, -0.25) is 4.79 Å². The lowest BCUT2D eigenvalue weighted by molar-refractivity contribution is -0.131. The van der Waals surface area contributed by atoms with Crippen LogP contribution >= 0.6 is 11.6 Å². The molecule has 0 aliphatic rings. The molecule has 0 saturated heterocycles. The Morgan fingerprint density at radius 3 is 2.64 bits per heavy atom. The third-order valence-electron chi connectivity index (χ3n) is 3.10. The molecular weight excluding hydrogens is 349 g/mol. The number of aliphatic carboxylic acids is 1. The second-order valence-corrected chi connectivity index (χ2v) is 5.43. The summed E-state index contributed by atoms with van der Waals surface area (Å²) in [4.78, 5) is 26.3. The second kappa shape index (κ2) is 8.79. The molecule has 2 rings (SSSR count). The van der Waals surface area contributed by atoms with Crippen molar-refractivity contribution < 1.29 is 19.1 Å². The van der Waals surface area contributed by atoms with Crippen LogP contribution in [0.15, 0.2) is 42.6 Å². The monoisotopic (exact) mass is 363 g/mol. The Morgan fingerprint density at radius 2 is 2.00 bits per heavy atom. The van der Waals surface area contributed by atoms with Gasteiger partial charge < -0.3 is 15.7 Å². The average Bonchev–Trinajstić information content (AvgIpc) is 2.58. The van der Waals surface area contributed by atoms with Crippen molar-refractivity contribution in [3.8, 4) is 0 Å². The summed E-state index contributed by atoms with van der Waals surface area (Å²) in [7, 11) is 0. The van der Waals surface area contributed by atoms with Crippen LogP contribution in [-0.4, -0.2) is 28.5 Å². The lowest BCUT2D eigenvalue weighted by Crippen LogP contribution is -2.29. The number of hydrogen-bond donors (Lipinski definition) is 3. The van der Waals surface area contributed by atoms with Gasteiger partial charge in [-0.05, 0) is 35.4 Å². The van der Waals surface area contributed by atoms with Crippen molar-refractivity contribution in [2.45, 2.75) is 6.54 Å². The van der Waals surface area contributed by atoms with E-state index >= 15 is 0 Å². The lowest BCUT2D eigenvalue weighted by Gasteiger charge is -2.09. The highest BCUT2D eigenvalue weighted by Crippen LogP contribution is 2.20. The fourth-order valence-corrected chi connectivity index (χ4v) is 2.11. The number of nitrogens with one attached hydrogen (secondary N) is 2. The standard InChI is InChI=1S/C17H15ClFN3O3/c18-14-7-12(3-6-16(24)25)9-21-17(14)22-10-15(23)20-8-11-1-4-13(19)5-2-11/h1-7,9H,8,10H2,(H,20,23)(H,21,22)(H,24,25). The fourth-order valence-electron chi connectivity index (χ4n) is 1.87. The fraction of sp³-hybridized carbons (Fsp3) is 0.118. The van der Waals surface area contributed by atoms with E-state index < -0.39 is 5.97 Å². The first-order chi connectivity index (χ1) is 11.9. The van der Waals surface area contributed by atoms with E-state index in [0.717, 1.165) is 11.6 Å². The summed E-state index contributed by atoms with van der Waals surface area (Å²) in [5, 5.41) is 14.3. The molecule has 0 unspecified atom stereocenters. The molecule has 6 nitrogen and oxygen atoms in total. The minimum Gasteiger partial charge on any atom is -0.478 e. The number of carboxylic acids is 1. The highest BCUT2D eigenvalue weighted by molar-refractivity contribution is 6.33. The van der Waals surface area contributed by atoms with Crippen molar-refractivity contribution in [1.29, 1.82) is 0 Å². The van der Waals surface area contributed by atoms with E-state index in [-0.39, 0.29) is 29.8 Å². The molecule has 25 heavy (non-hydrogen) atoms. The molecule has 0 atom stereocenters. The molecule has 3 N–H and O–H groups in total. The first-order valence-electron chi connectivity index (χ1n) is 7.25. The Hall–Kier alpha value is -2.93. The summed E-state index contributed by atoms with van der Waals surface area (Å²) in [6.07, 6.45) is 3.77. The van der Waals surface area contributed by atoms with Gasteiger partial charge in [-0.25, -0.2) is 14.2 Å². The lowest BCUT2D eigenvalue weighted by atomic mass is 10.2. The molecular formula is C17H15ClFN3O3. The summed E-state index contributed by atoms with van der Waals surface area (Å²) < 4.78 is 12.8. The number of rotatable bonds is 7. The van der Waals surface area contributed by atoms with Crippen molar-refractivity contribution in [3.63, 3.8) is 0 Å². The molecule has 0 spiro atoms. The molecule has 130 valence electrons. The molecule has 0 aliphatic carbocycles. The predicted molar refractivity (Wildman–Crippen MR) is 92.7 cm³/mol. The van der Waals surface area contributed by atoms with E-state index in [9.17, 15) is 14.0 Å². The number of anilines is 1. The van der Waals surface area contributed by atoms with Gasteiger partial charge >= 0.3 is 5.97 Å². The maximum atomic E-state index is 12.8. The average molecular weight is 364 g/mol. The first-order valence-corrected chi connectivity index (χ1v) is 7.63. The van der Waals surface area contributed by atoms with Gasteiger partial charge in [0.05, 0.1) is 11.6 Å². The topological polar surface area (TPSA) is 91.3 Å². The van der Waals surface area contributed by atoms with Gasteiger partial charge in [0, 0.05) is 18.8 Å². The molecule has 0 bridgehead atoms. The summed E-state index contributed by atoms with van der Waals surface area (Å²) in [6.45, 7) is 0.235. The summed E-state index contributed by atoms with van der Waals surface area (Å²) in [6, 6.07) is 7.36. The van der Waals surface area contributed by atoms with Gasteiger partial charge in [0.15, 0.2) is 0 Å². The van der Waals surface area contributed by atoms with E-state index in [1.165, 1.54) is 30.5 Å². The Morgan fingerprint density at radius 1 is 1.28 bits per heavy atom. The number of hydrogen-bond acceptors (Lipinski definition) is 4. The van der Waals surface area contributed by atoms with Gasteiger partial charge in [-0.1, -0.05) is 23.7 Å². The zero-order valence-corrected chi connectivity index (χ0v) is 13.8. The van der Waals surface area contributed by atoms with Crippen LogP contribution in [0.5, 0.6) is 0 Å². The third-order valence-corrected chi connectivity index (χ3v) is 3.39. The summed E-state index contributed by atoms with van der Waals surface area (Å²) in [5.74, 6) is -1.38. The molecule has 1 aromatic carbocycles. The summed E-state index contributed by atoms with van der Waals surface area (Å²) >= 11 is 6.04. The minimum atomic E-state index is -1.07. The van der Waals surface area contributed by atoms with Crippen molar-refractivity contribution >= 4 is 35.4 Å². The summed E-state index contributed by atoms with van der Waals surface area (Å²) in [5.41, 5.74) is 1.30. The Bertz CT molecular complexity index is 794. The van der Waals surface area contributed by atoms with Crippen LogP contribution in [0.25, 0.3) is 6.08 Å². The molecule has 0 aliphatic heterocycles. The largest absolute Gasteiger partial charge is 0.478 e. The molecule has 1 aromatic heterocycles. The highest BCUT2D eigenvalue weighted by Gasteiger charge is 2.06. The van der Waals surface area contributed by atoms with Gasteiger partial charge in [0.1, 0.15) is 11.6 Å². The Balaban J connectivity index is 1.84. The number of carbonyl (C=O) groups excluding carboxylic acids is 1. The van der Waals surface area contributed by atoms with Crippen LogP contribution in [0.2, 0.25) is 5.02 Å². The number of halogens is 2. The zero-order chi connectivity index (χ0) is 18.2. The highest BCUT2D eigenvalue weighted by atomic mass is 35.5. The van der Waals surface area contributed by atoms with Crippen molar-refractivity contribution in [2.75, 3.05) is 11.9 Å². The van der Waals surface area contributed by atoms with Crippen LogP contribution in [0.3, 0.4) is 0 Å². The molecule has 1 amide bonds. The molecule has 0 saturated carbocycles. The Kier molecular flexibility index (Phi) is 6.47. The van der Waals surface area contributed by atoms with Crippen LogP contribution in [0.4, 0.5) is 10.2 Å². The zero-order valence-electron chi connectivity index (χ0n) is 13.0. The number of nitrogens with zero attached hydrogens (tertiary/aromatic N) is 1. The van der Waals surface area contributed by atoms with Gasteiger partial charge in [-0.2, -0.15) is 0 Å². The smallest absolute Gasteiger partial charge is 0.328 e. The van der Waals surface area contributed by atoms with Crippen molar-refractivity contribution in [1.82, 2.24) is 10.3 Å². The number of carboxylic acid groups (broad SMARTS) is 1. The van der Waals surface area contributed by atoms with Gasteiger partial charge in [0.2, 0.25) is 5.91 Å². The van der Waals surface area contributed by atoms with Gasteiger partial charge in [-0.15, -0.1) is 0 Å². The SMILES string of the molecule is O=C(O)C=Cc1cnc(NCC(=O)NCc2ccc(F)cc2)c(Cl)c1. The van der Waals surface area contributed by atoms with E-state index in [2.05, 4.69) is 15.6 Å². The number of carbonyl (C=O) groups is 2. The van der Waals surface area contributed by atoms with Crippen molar-refractivity contribution in [2.24, 2.45) is 0 Å². The number of amides is 1. The second-order valence-electron chi connectivity index (χ2n) is 5.03. The maximum absolute atomic E-state index is 12.8. The quantitative estimate of drug-likeness (QED) is 0.658. The Labute approximate surface area is 148 Å². The molecule has 2 aromatic rings. The number of benzene rings is 1. The molecule has 1 heterocycles. The molecule has 0 radical (unpaired) electrons. The third kappa shape index (κ3) is 6.23. The van der Waals surface area contributed by atoms with E-state index in [4.69, 9.17) is 16.7 Å².